The van der Waals surface area contributed by atoms with Crippen LogP contribution in [0.25, 0.3) is 0 Å². The number of aliphatic hydroxyl groups is 2. The molecular formula is C20H32O5. The standard InChI is InChI=1S/C20H32O5/c1-6-7-15(21)17-18(23)14(10-8-12(2)3)20(25,19(17)24)16(22)11-9-13(4)5/h12-14,24-25H,6-11H2,1-5H3/t14-,20+/m1/s1. The second-order valence-corrected chi connectivity index (χ2v) is 7.91. The first-order chi connectivity index (χ1) is 11.6. The van der Waals surface area contributed by atoms with Crippen molar-refractivity contribution in [2.24, 2.45) is 17.8 Å². The molecule has 142 valence electrons. The third-order valence-corrected chi connectivity index (χ3v) is 4.83. The van der Waals surface area contributed by atoms with Crippen molar-refractivity contribution in [2.45, 2.75) is 78.7 Å². The van der Waals surface area contributed by atoms with Crippen LogP contribution < -0.4 is 0 Å². The molecule has 0 radical (unpaired) electrons. The topological polar surface area (TPSA) is 91.7 Å². The van der Waals surface area contributed by atoms with Crippen LogP contribution in [-0.2, 0) is 14.4 Å². The molecule has 1 aliphatic rings. The van der Waals surface area contributed by atoms with E-state index >= 15 is 0 Å². The van der Waals surface area contributed by atoms with Gasteiger partial charge in [0, 0.05) is 12.8 Å². The Morgan fingerprint density at radius 3 is 2.12 bits per heavy atom. The van der Waals surface area contributed by atoms with Crippen molar-refractivity contribution in [3.63, 3.8) is 0 Å². The van der Waals surface area contributed by atoms with Crippen LogP contribution in [0.5, 0.6) is 0 Å². The Bertz CT molecular complexity index is 558. The first kappa shape index (κ1) is 21.6. The van der Waals surface area contributed by atoms with Gasteiger partial charge in [0.05, 0.1) is 5.92 Å². The van der Waals surface area contributed by atoms with E-state index in [0.717, 1.165) is 0 Å². The van der Waals surface area contributed by atoms with Crippen LogP contribution in [0.15, 0.2) is 11.3 Å². The zero-order valence-electron chi connectivity index (χ0n) is 16.1. The summed E-state index contributed by atoms with van der Waals surface area (Å²) >= 11 is 0. The summed E-state index contributed by atoms with van der Waals surface area (Å²) in [7, 11) is 0. The molecule has 0 spiro atoms. The zero-order chi connectivity index (χ0) is 19.4. The van der Waals surface area contributed by atoms with Crippen molar-refractivity contribution in [1.82, 2.24) is 0 Å². The van der Waals surface area contributed by atoms with Crippen LogP contribution in [0.1, 0.15) is 73.1 Å². The largest absolute Gasteiger partial charge is 0.508 e. The Balaban J connectivity index is 3.25. The number of ketones is 3. The van der Waals surface area contributed by atoms with E-state index < -0.39 is 34.6 Å². The maximum absolute atomic E-state index is 12.8. The Morgan fingerprint density at radius 1 is 1.08 bits per heavy atom. The van der Waals surface area contributed by atoms with Gasteiger partial charge in [-0.2, -0.15) is 0 Å². The first-order valence-corrected chi connectivity index (χ1v) is 9.34. The molecule has 25 heavy (non-hydrogen) atoms. The van der Waals surface area contributed by atoms with E-state index in [2.05, 4.69) is 0 Å². The summed E-state index contributed by atoms with van der Waals surface area (Å²) < 4.78 is 0. The highest BCUT2D eigenvalue weighted by Crippen LogP contribution is 2.42. The molecule has 2 atom stereocenters. The molecule has 0 fully saturated rings. The number of carbonyl (C=O) groups is 3. The first-order valence-electron chi connectivity index (χ1n) is 9.34. The lowest BCUT2D eigenvalue weighted by Gasteiger charge is -2.28. The molecule has 0 aromatic heterocycles. The molecule has 5 nitrogen and oxygen atoms in total. The number of allylic oxidation sites excluding steroid dienone is 1. The normalized spacial score (nSPS) is 23.8. The monoisotopic (exact) mass is 352 g/mol. The smallest absolute Gasteiger partial charge is 0.190 e. The summed E-state index contributed by atoms with van der Waals surface area (Å²) in [5.74, 6) is -2.90. The van der Waals surface area contributed by atoms with Crippen LogP contribution in [-0.4, -0.2) is 33.2 Å². The van der Waals surface area contributed by atoms with Gasteiger partial charge >= 0.3 is 0 Å². The van der Waals surface area contributed by atoms with Gasteiger partial charge < -0.3 is 10.2 Å². The molecule has 0 unspecified atom stereocenters. The fraction of sp³-hybridized carbons (Fsp3) is 0.750. The summed E-state index contributed by atoms with van der Waals surface area (Å²) in [6.07, 6.45) is 2.15. The number of hydrogen-bond donors (Lipinski definition) is 2. The van der Waals surface area contributed by atoms with Crippen molar-refractivity contribution in [3.8, 4) is 0 Å². The molecule has 0 saturated heterocycles. The Kier molecular flexibility index (Phi) is 7.54. The molecule has 2 N–H and O–H groups in total. The van der Waals surface area contributed by atoms with Crippen LogP contribution in [0, 0.1) is 17.8 Å². The Hall–Kier alpha value is -1.49. The molecular weight excluding hydrogens is 320 g/mol. The van der Waals surface area contributed by atoms with E-state index in [4.69, 9.17) is 0 Å². The zero-order valence-corrected chi connectivity index (χ0v) is 16.1. The highest BCUT2D eigenvalue weighted by Gasteiger charge is 2.58. The van der Waals surface area contributed by atoms with Gasteiger partial charge in [-0.3, -0.25) is 14.4 Å². The summed E-state index contributed by atoms with van der Waals surface area (Å²) in [5.41, 5.74) is -2.62. The average molecular weight is 352 g/mol. The van der Waals surface area contributed by atoms with Gasteiger partial charge in [0.1, 0.15) is 11.3 Å². The number of rotatable bonds is 10. The summed E-state index contributed by atoms with van der Waals surface area (Å²) in [4.78, 5) is 37.7. The maximum atomic E-state index is 12.8. The fourth-order valence-electron chi connectivity index (χ4n) is 3.23. The van der Waals surface area contributed by atoms with Crippen molar-refractivity contribution in [1.29, 1.82) is 0 Å². The van der Waals surface area contributed by atoms with Gasteiger partial charge in [0.2, 0.25) is 0 Å². The van der Waals surface area contributed by atoms with Gasteiger partial charge in [-0.1, -0.05) is 41.0 Å². The predicted octanol–water partition coefficient (Wildman–Crippen LogP) is 3.54. The maximum Gasteiger partial charge on any atom is 0.190 e. The number of aliphatic hydroxyl groups excluding tert-OH is 1. The number of hydrogen-bond acceptors (Lipinski definition) is 5. The van der Waals surface area contributed by atoms with Gasteiger partial charge in [-0.05, 0) is 31.1 Å². The number of Topliss-reactive ketones (excluding diaryl/α,β-unsaturated/α-hetero) is 3. The van der Waals surface area contributed by atoms with Crippen molar-refractivity contribution >= 4 is 17.3 Å². The third-order valence-electron chi connectivity index (χ3n) is 4.83. The summed E-state index contributed by atoms with van der Waals surface area (Å²) in [5, 5.41) is 21.6. The van der Waals surface area contributed by atoms with E-state index in [-0.39, 0.29) is 36.7 Å². The molecule has 0 aliphatic heterocycles. The van der Waals surface area contributed by atoms with Crippen LogP contribution in [0.4, 0.5) is 0 Å². The molecule has 0 aromatic rings. The van der Waals surface area contributed by atoms with Crippen LogP contribution in [0.3, 0.4) is 0 Å². The third kappa shape index (κ3) is 4.57. The Morgan fingerprint density at radius 2 is 1.64 bits per heavy atom. The molecule has 1 rings (SSSR count). The highest BCUT2D eigenvalue weighted by molar-refractivity contribution is 6.25. The van der Waals surface area contributed by atoms with Crippen molar-refractivity contribution in [3.05, 3.63) is 11.3 Å². The van der Waals surface area contributed by atoms with E-state index in [1.807, 2.05) is 27.7 Å². The number of carbonyl (C=O) groups excluding carboxylic acids is 3. The van der Waals surface area contributed by atoms with Crippen LogP contribution >= 0.6 is 0 Å². The van der Waals surface area contributed by atoms with E-state index in [9.17, 15) is 24.6 Å². The lowest BCUT2D eigenvalue weighted by molar-refractivity contribution is -0.145. The molecule has 1 aliphatic carbocycles. The second-order valence-electron chi connectivity index (χ2n) is 7.91. The van der Waals surface area contributed by atoms with E-state index in [0.29, 0.717) is 19.3 Å². The van der Waals surface area contributed by atoms with Gasteiger partial charge in [0.25, 0.3) is 0 Å². The van der Waals surface area contributed by atoms with Crippen molar-refractivity contribution < 1.29 is 24.6 Å². The highest BCUT2D eigenvalue weighted by atomic mass is 16.3. The van der Waals surface area contributed by atoms with Gasteiger partial charge in [-0.25, -0.2) is 0 Å². The second kappa shape index (κ2) is 8.75. The van der Waals surface area contributed by atoms with E-state index in [1.54, 1.807) is 6.92 Å². The summed E-state index contributed by atoms with van der Waals surface area (Å²) in [6, 6.07) is 0. The SMILES string of the molecule is CCCC(=O)C1=C(O)[C@@](O)(C(=O)CCC(C)C)[C@H](CCC(C)C)C1=O. The summed E-state index contributed by atoms with van der Waals surface area (Å²) in [6.45, 7) is 9.68. The quantitative estimate of drug-likeness (QED) is 0.587. The lowest BCUT2D eigenvalue weighted by Crippen LogP contribution is -2.47. The van der Waals surface area contributed by atoms with Crippen LogP contribution in [0.2, 0.25) is 0 Å². The van der Waals surface area contributed by atoms with Gasteiger partial charge in [0.15, 0.2) is 23.0 Å². The molecule has 5 heteroatoms. The molecule has 0 heterocycles. The Labute approximate surface area is 150 Å². The predicted molar refractivity (Wildman–Crippen MR) is 96.2 cm³/mol. The lowest BCUT2D eigenvalue weighted by atomic mass is 9.79. The minimum Gasteiger partial charge on any atom is -0.508 e. The minimum absolute atomic E-state index is 0.0684. The molecule has 0 aromatic carbocycles. The molecule has 0 amide bonds. The molecule has 0 bridgehead atoms. The fourth-order valence-corrected chi connectivity index (χ4v) is 3.23. The van der Waals surface area contributed by atoms with Crippen molar-refractivity contribution in [2.75, 3.05) is 0 Å². The average Bonchev–Trinajstić information content (AvgIpc) is 2.70. The van der Waals surface area contributed by atoms with Gasteiger partial charge in [-0.15, -0.1) is 0 Å². The molecule has 0 saturated carbocycles. The van der Waals surface area contributed by atoms with E-state index in [1.165, 1.54) is 0 Å². The minimum atomic E-state index is -2.25.